The van der Waals surface area contributed by atoms with Crippen LogP contribution in [0.15, 0.2) is 54.6 Å². The van der Waals surface area contributed by atoms with E-state index in [0.29, 0.717) is 30.0 Å². The predicted molar refractivity (Wildman–Crippen MR) is 144 cm³/mol. The van der Waals surface area contributed by atoms with E-state index in [1.54, 1.807) is 17.0 Å². The number of likely N-dealkylation sites (tertiary alicyclic amines) is 1. The molecule has 2 saturated heterocycles. The van der Waals surface area contributed by atoms with Crippen molar-refractivity contribution in [2.45, 2.75) is 76.5 Å². The zero-order valence-corrected chi connectivity index (χ0v) is 22.9. The summed E-state index contributed by atoms with van der Waals surface area (Å²) in [6.07, 6.45) is 3.22. The van der Waals surface area contributed by atoms with Crippen LogP contribution in [0.5, 0.6) is 0 Å². The molecule has 2 aromatic rings. The second kappa shape index (κ2) is 10.3. The minimum absolute atomic E-state index is 0.0263. The molecule has 0 unspecified atom stereocenters. The van der Waals surface area contributed by atoms with E-state index >= 15 is 0 Å². The normalized spacial score (nSPS) is 23.2. The van der Waals surface area contributed by atoms with Crippen LogP contribution >= 0.6 is 11.6 Å². The topological polar surface area (TPSA) is 76.2 Å². The monoisotopic (exact) mass is 538 g/mol. The number of nitrogens with zero attached hydrogens (tertiary/aromatic N) is 2. The lowest BCUT2D eigenvalue weighted by Gasteiger charge is -2.38. The van der Waals surface area contributed by atoms with Gasteiger partial charge in [-0.25, -0.2) is 14.5 Å². The molecular weight excluding hydrogens is 504 g/mol. The summed E-state index contributed by atoms with van der Waals surface area (Å²) < 4.78 is 11.2. The van der Waals surface area contributed by atoms with E-state index in [1.807, 2.05) is 63.2 Å². The molecular formula is C30H35ClN2O5. The largest absolute Gasteiger partial charge is 0.447 e. The van der Waals surface area contributed by atoms with Crippen LogP contribution < -0.4 is 0 Å². The highest BCUT2D eigenvalue weighted by atomic mass is 35.5. The minimum Gasteiger partial charge on any atom is -0.447 e. The Bertz CT molecular complexity index is 1190. The first-order valence-electron chi connectivity index (χ1n) is 13.3. The number of rotatable bonds is 5. The molecule has 2 heterocycles. The maximum absolute atomic E-state index is 14.4. The van der Waals surface area contributed by atoms with Gasteiger partial charge in [-0.3, -0.25) is 4.79 Å². The molecule has 1 saturated carbocycles. The van der Waals surface area contributed by atoms with Gasteiger partial charge in [-0.05, 0) is 75.1 Å². The van der Waals surface area contributed by atoms with Gasteiger partial charge in [0.2, 0.25) is 5.91 Å². The summed E-state index contributed by atoms with van der Waals surface area (Å²) in [6.45, 7) is 6.20. The van der Waals surface area contributed by atoms with Crippen LogP contribution in [-0.2, 0) is 20.7 Å². The predicted octanol–water partition coefficient (Wildman–Crippen LogP) is 6.19. The molecule has 1 aliphatic carbocycles. The molecule has 3 aliphatic rings. The minimum atomic E-state index is -0.760. The van der Waals surface area contributed by atoms with Crippen molar-refractivity contribution in [3.63, 3.8) is 0 Å². The molecule has 0 aromatic heterocycles. The molecule has 1 spiro atoms. The smallest absolute Gasteiger partial charge is 0.417 e. The maximum Gasteiger partial charge on any atom is 0.417 e. The van der Waals surface area contributed by atoms with Crippen molar-refractivity contribution in [2.24, 2.45) is 5.41 Å². The van der Waals surface area contributed by atoms with Crippen molar-refractivity contribution in [2.75, 3.05) is 13.2 Å². The Hall–Kier alpha value is -3.06. The highest BCUT2D eigenvalue weighted by molar-refractivity contribution is 6.30. The SMILES string of the molecule is CC(C)(C)OC(=O)N1CC2(CCC2)C[C@H]1[C@@H](C(=O)N1C(=O)OC[C@H]1Cc1ccccc1)c1ccc(Cl)cc1. The van der Waals surface area contributed by atoms with Gasteiger partial charge in [0.25, 0.3) is 0 Å². The third-order valence-corrected chi connectivity index (χ3v) is 8.24. The van der Waals surface area contributed by atoms with Gasteiger partial charge in [-0.15, -0.1) is 0 Å². The van der Waals surface area contributed by atoms with Crippen LogP contribution in [0.2, 0.25) is 5.02 Å². The number of carbonyl (C=O) groups excluding carboxylic acids is 3. The third-order valence-electron chi connectivity index (χ3n) is 7.98. The molecule has 5 rings (SSSR count). The van der Waals surface area contributed by atoms with Crippen molar-refractivity contribution < 1.29 is 23.9 Å². The van der Waals surface area contributed by atoms with E-state index in [9.17, 15) is 14.4 Å². The van der Waals surface area contributed by atoms with Crippen molar-refractivity contribution in [3.8, 4) is 0 Å². The Kier molecular flexibility index (Phi) is 7.16. The number of halogens is 1. The average molecular weight is 539 g/mol. The summed E-state index contributed by atoms with van der Waals surface area (Å²) in [5, 5.41) is 0.549. The maximum atomic E-state index is 14.4. The lowest BCUT2D eigenvalue weighted by Crippen LogP contribution is -2.50. The van der Waals surface area contributed by atoms with E-state index in [0.717, 1.165) is 24.8 Å². The molecule has 2 aliphatic heterocycles. The fraction of sp³-hybridized carbons (Fsp3) is 0.500. The summed E-state index contributed by atoms with van der Waals surface area (Å²) in [4.78, 5) is 43.9. The van der Waals surface area contributed by atoms with Gasteiger partial charge < -0.3 is 14.4 Å². The first-order chi connectivity index (χ1) is 18.1. The molecule has 3 amide bonds. The van der Waals surface area contributed by atoms with Crippen LogP contribution in [0.3, 0.4) is 0 Å². The number of carbonyl (C=O) groups is 3. The van der Waals surface area contributed by atoms with E-state index in [4.69, 9.17) is 21.1 Å². The summed E-state index contributed by atoms with van der Waals surface area (Å²) in [5.74, 6) is -1.12. The van der Waals surface area contributed by atoms with Crippen molar-refractivity contribution in [3.05, 3.63) is 70.7 Å². The molecule has 2 aromatic carbocycles. The van der Waals surface area contributed by atoms with Crippen LogP contribution in [-0.4, -0.2) is 58.7 Å². The molecule has 3 atom stereocenters. The van der Waals surface area contributed by atoms with E-state index in [2.05, 4.69) is 0 Å². The zero-order chi connectivity index (χ0) is 27.1. The van der Waals surface area contributed by atoms with E-state index in [1.165, 1.54) is 4.90 Å². The number of hydrogen-bond acceptors (Lipinski definition) is 5. The van der Waals surface area contributed by atoms with Crippen LogP contribution in [0, 0.1) is 5.41 Å². The Morgan fingerprint density at radius 3 is 2.39 bits per heavy atom. The van der Waals surface area contributed by atoms with Gasteiger partial charge in [-0.2, -0.15) is 0 Å². The summed E-state index contributed by atoms with van der Waals surface area (Å²) in [5.41, 5.74) is 1.03. The number of amides is 3. The van der Waals surface area contributed by atoms with Gasteiger partial charge >= 0.3 is 12.2 Å². The molecule has 8 heteroatoms. The highest BCUT2D eigenvalue weighted by Crippen LogP contribution is 2.53. The molecule has 0 bridgehead atoms. The third kappa shape index (κ3) is 5.39. The molecule has 7 nitrogen and oxygen atoms in total. The number of ether oxygens (including phenoxy) is 2. The summed E-state index contributed by atoms with van der Waals surface area (Å²) in [6, 6.07) is 16.0. The Morgan fingerprint density at radius 1 is 1.11 bits per heavy atom. The van der Waals surface area contributed by atoms with Crippen LogP contribution in [0.4, 0.5) is 9.59 Å². The molecule has 202 valence electrons. The number of imide groups is 1. The standard InChI is InChI=1S/C30H35ClN2O5/c1-29(2,3)38-27(35)32-19-30(14-7-15-30)17-24(32)25(21-10-12-22(31)13-11-21)26(34)33-23(18-37-28(33)36)16-20-8-5-4-6-9-20/h4-6,8-13,23-25H,7,14-19H2,1-3H3/t23-,24+,25+/m1/s1. The van der Waals surface area contributed by atoms with Gasteiger partial charge in [0, 0.05) is 11.6 Å². The van der Waals surface area contributed by atoms with Crippen LogP contribution in [0.1, 0.15) is 63.5 Å². The van der Waals surface area contributed by atoms with Gasteiger partial charge in [0.15, 0.2) is 0 Å². The number of cyclic esters (lactones) is 1. The fourth-order valence-corrected chi connectivity index (χ4v) is 6.20. The lowest BCUT2D eigenvalue weighted by atomic mass is 9.66. The highest BCUT2D eigenvalue weighted by Gasteiger charge is 2.55. The number of hydrogen-bond donors (Lipinski definition) is 0. The second-order valence-electron chi connectivity index (χ2n) is 11.9. The Balaban J connectivity index is 1.51. The van der Waals surface area contributed by atoms with Crippen molar-refractivity contribution in [1.29, 1.82) is 0 Å². The molecule has 0 N–H and O–H groups in total. The Morgan fingerprint density at radius 2 is 1.79 bits per heavy atom. The molecule has 38 heavy (non-hydrogen) atoms. The van der Waals surface area contributed by atoms with Crippen LogP contribution in [0.25, 0.3) is 0 Å². The molecule has 0 radical (unpaired) electrons. The Labute approximate surface area is 229 Å². The second-order valence-corrected chi connectivity index (χ2v) is 12.3. The first kappa shape index (κ1) is 26.5. The van der Waals surface area contributed by atoms with Gasteiger partial charge in [0.1, 0.15) is 12.2 Å². The van der Waals surface area contributed by atoms with Crippen molar-refractivity contribution >= 4 is 29.7 Å². The van der Waals surface area contributed by atoms with Gasteiger partial charge in [0.05, 0.1) is 18.0 Å². The zero-order valence-electron chi connectivity index (χ0n) is 22.2. The quantitative estimate of drug-likeness (QED) is 0.453. The summed E-state index contributed by atoms with van der Waals surface area (Å²) in [7, 11) is 0. The average Bonchev–Trinajstić information content (AvgIpc) is 3.41. The fourth-order valence-electron chi connectivity index (χ4n) is 6.07. The van der Waals surface area contributed by atoms with Gasteiger partial charge in [-0.1, -0.05) is 60.5 Å². The first-order valence-corrected chi connectivity index (χ1v) is 13.7. The molecule has 3 fully saturated rings. The van der Waals surface area contributed by atoms with E-state index < -0.39 is 35.8 Å². The van der Waals surface area contributed by atoms with Crippen molar-refractivity contribution in [1.82, 2.24) is 9.80 Å². The number of benzene rings is 2. The lowest BCUT2D eigenvalue weighted by molar-refractivity contribution is -0.132. The van der Waals surface area contributed by atoms with E-state index in [-0.39, 0.29) is 17.9 Å². The summed E-state index contributed by atoms with van der Waals surface area (Å²) >= 11 is 6.19.